The van der Waals surface area contributed by atoms with Crippen molar-refractivity contribution in [2.24, 2.45) is 0 Å². The number of halogens is 4. The Kier molecular flexibility index (Phi) is 4.59. The van der Waals surface area contributed by atoms with Gasteiger partial charge in [0.2, 0.25) is 5.95 Å². The zero-order valence-electron chi connectivity index (χ0n) is 14.3. The van der Waals surface area contributed by atoms with Gasteiger partial charge in [0, 0.05) is 32.4 Å². The van der Waals surface area contributed by atoms with E-state index in [2.05, 4.69) is 19.9 Å². The number of aromatic nitrogens is 3. The SMILES string of the molecule is FC(F)(F)c1ccc2nc(N3CCCN(c4ncccc4Cl)CC3)[nH]c2c1. The second kappa shape index (κ2) is 6.92. The lowest BCUT2D eigenvalue weighted by atomic mass is 10.2. The fraction of sp³-hybridized carbons (Fsp3) is 0.333. The fourth-order valence-electron chi connectivity index (χ4n) is 3.27. The van der Waals surface area contributed by atoms with Crippen LogP contribution in [-0.2, 0) is 6.18 Å². The molecule has 0 saturated carbocycles. The summed E-state index contributed by atoms with van der Waals surface area (Å²) in [5.74, 6) is 1.33. The Hall–Kier alpha value is -2.48. The molecule has 3 aromatic rings. The Bertz CT molecular complexity index is 956. The van der Waals surface area contributed by atoms with Crippen molar-refractivity contribution in [1.82, 2.24) is 15.0 Å². The zero-order chi connectivity index (χ0) is 19.0. The number of alkyl halides is 3. The number of imidazole rings is 1. The van der Waals surface area contributed by atoms with Gasteiger partial charge in [0.25, 0.3) is 0 Å². The molecule has 0 bridgehead atoms. The molecular formula is C18H17ClF3N5. The number of nitrogens with zero attached hydrogens (tertiary/aromatic N) is 4. The molecule has 1 fully saturated rings. The number of hydrogen-bond acceptors (Lipinski definition) is 4. The molecule has 1 aromatic carbocycles. The summed E-state index contributed by atoms with van der Waals surface area (Å²) in [6.07, 6.45) is -1.80. The minimum absolute atomic E-state index is 0.383. The minimum atomic E-state index is -4.37. The van der Waals surface area contributed by atoms with Crippen molar-refractivity contribution in [2.45, 2.75) is 12.6 Å². The molecule has 0 amide bonds. The number of hydrogen-bond donors (Lipinski definition) is 1. The van der Waals surface area contributed by atoms with Gasteiger partial charge in [0.1, 0.15) is 5.82 Å². The van der Waals surface area contributed by atoms with Gasteiger partial charge in [-0.15, -0.1) is 0 Å². The lowest BCUT2D eigenvalue weighted by Crippen LogP contribution is -2.31. The number of pyridine rings is 1. The summed E-state index contributed by atoms with van der Waals surface area (Å²) >= 11 is 6.24. The Balaban J connectivity index is 1.55. The van der Waals surface area contributed by atoms with Gasteiger partial charge in [0.05, 0.1) is 21.6 Å². The van der Waals surface area contributed by atoms with Gasteiger partial charge in [-0.05, 0) is 36.8 Å². The molecule has 0 radical (unpaired) electrons. The highest BCUT2D eigenvalue weighted by Gasteiger charge is 2.31. The summed E-state index contributed by atoms with van der Waals surface area (Å²) < 4.78 is 38.7. The van der Waals surface area contributed by atoms with Gasteiger partial charge < -0.3 is 14.8 Å². The quantitative estimate of drug-likeness (QED) is 0.701. The monoisotopic (exact) mass is 395 g/mol. The molecule has 4 rings (SSSR count). The van der Waals surface area contributed by atoms with Crippen LogP contribution in [0.3, 0.4) is 0 Å². The molecule has 1 aliphatic rings. The number of H-pyrrole nitrogens is 1. The normalized spacial score (nSPS) is 16.0. The molecule has 142 valence electrons. The number of anilines is 2. The topological polar surface area (TPSA) is 48.1 Å². The van der Waals surface area contributed by atoms with Crippen LogP contribution in [0, 0.1) is 0 Å². The summed E-state index contributed by atoms with van der Waals surface area (Å²) in [7, 11) is 0. The van der Waals surface area contributed by atoms with E-state index in [4.69, 9.17) is 11.6 Å². The van der Waals surface area contributed by atoms with Crippen LogP contribution in [-0.4, -0.2) is 41.1 Å². The van der Waals surface area contributed by atoms with Crippen LogP contribution in [0.5, 0.6) is 0 Å². The number of aromatic amines is 1. The van der Waals surface area contributed by atoms with Crippen LogP contribution >= 0.6 is 11.6 Å². The van der Waals surface area contributed by atoms with Crippen LogP contribution in [0.2, 0.25) is 5.02 Å². The largest absolute Gasteiger partial charge is 0.416 e. The van der Waals surface area contributed by atoms with Crippen LogP contribution in [0.4, 0.5) is 24.9 Å². The van der Waals surface area contributed by atoms with E-state index < -0.39 is 11.7 Å². The molecule has 0 spiro atoms. The Labute approximate surface area is 158 Å². The van der Waals surface area contributed by atoms with E-state index in [0.717, 1.165) is 37.5 Å². The van der Waals surface area contributed by atoms with E-state index in [1.807, 2.05) is 11.0 Å². The van der Waals surface area contributed by atoms with Crippen LogP contribution in [0.15, 0.2) is 36.5 Å². The smallest absolute Gasteiger partial charge is 0.354 e. The predicted molar refractivity (Wildman–Crippen MR) is 99.4 cm³/mol. The van der Waals surface area contributed by atoms with Crippen molar-refractivity contribution in [3.63, 3.8) is 0 Å². The molecule has 1 N–H and O–H groups in total. The first-order valence-corrected chi connectivity index (χ1v) is 8.97. The number of benzene rings is 1. The van der Waals surface area contributed by atoms with Gasteiger partial charge >= 0.3 is 6.18 Å². The molecule has 9 heteroatoms. The van der Waals surface area contributed by atoms with Gasteiger partial charge in [-0.1, -0.05) is 11.6 Å². The Morgan fingerprint density at radius 1 is 1.04 bits per heavy atom. The summed E-state index contributed by atoms with van der Waals surface area (Å²) in [6, 6.07) is 7.16. The van der Waals surface area contributed by atoms with E-state index in [0.29, 0.717) is 35.1 Å². The fourth-order valence-corrected chi connectivity index (χ4v) is 3.51. The molecule has 0 unspecified atom stereocenters. The lowest BCUT2D eigenvalue weighted by molar-refractivity contribution is -0.137. The van der Waals surface area contributed by atoms with E-state index >= 15 is 0 Å². The third-order valence-electron chi connectivity index (χ3n) is 4.63. The van der Waals surface area contributed by atoms with E-state index in [9.17, 15) is 13.2 Å². The first-order valence-electron chi connectivity index (χ1n) is 8.59. The Morgan fingerprint density at radius 2 is 1.81 bits per heavy atom. The zero-order valence-corrected chi connectivity index (χ0v) is 15.1. The van der Waals surface area contributed by atoms with E-state index in [1.165, 1.54) is 6.07 Å². The van der Waals surface area contributed by atoms with Crippen LogP contribution in [0.1, 0.15) is 12.0 Å². The molecule has 0 atom stereocenters. The maximum Gasteiger partial charge on any atom is 0.416 e. The molecule has 5 nitrogen and oxygen atoms in total. The second-order valence-corrected chi connectivity index (χ2v) is 6.83. The molecule has 1 saturated heterocycles. The van der Waals surface area contributed by atoms with Crippen molar-refractivity contribution in [1.29, 1.82) is 0 Å². The third kappa shape index (κ3) is 3.66. The number of rotatable bonds is 2. The van der Waals surface area contributed by atoms with Crippen molar-refractivity contribution in [3.05, 3.63) is 47.1 Å². The second-order valence-electron chi connectivity index (χ2n) is 6.43. The maximum atomic E-state index is 12.9. The predicted octanol–water partition coefficient (Wildman–Crippen LogP) is 4.35. The highest BCUT2D eigenvalue weighted by molar-refractivity contribution is 6.32. The molecule has 27 heavy (non-hydrogen) atoms. The van der Waals surface area contributed by atoms with E-state index in [-0.39, 0.29) is 0 Å². The highest BCUT2D eigenvalue weighted by Crippen LogP contribution is 2.31. The van der Waals surface area contributed by atoms with Gasteiger partial charge in [-0.2, -0.15) is 13.2 Å². The summed E-state index contributed by atoms with van der Waals surface area (Å²) in [5, 5.41) is 0.606. The summed E-state index contributed by atoms with van der Waals surface area (Å²) in [4.78, 5) is 16.0. The van der Waals surface area contributed by atoms with Gasteiger partial charge in [-0.3, -0.25) is 0 Å². The lowest BCUT2D eigenvalue weighted by Gasteiger charge is -2.23. The summed E-state index contributed by atoms with van der Waals surface area (Å²) in [6.45, 7) is 2.90. The average Bonchev–Trinajstić information content (AvgIpc) is 2.90. The van der Waals surface area contributed by atoms with Crippen molar-refractivity contribution >= 4 is 34.4 Å². The molecule has 3 heterocycles. The first-order chi connectivity index (χ1) is 12.9. The van der Waals surface area contributed by atoms with Crippen LogP contribution < -0.4 is 9.80 Å². The first kappa shape index (κ1) is 17.9. The van der Waals surface area contributed by atoms with Crippen molar-refractivity contribution in [2.75, 3.05) is 36.0 Å². The standard InChI is InChI=1S/C18H17ClF3N5/c19-13-3-1-6-23-16(13)26-7-2-8-27(10-9-26)17-24-14-5-4-12(18(20,21)22)11-15(14)25-17/h1,3-6,11H,2,7-10H2,(H,24,25). The molecule has 2 aromatic heterocycles. The highest BCUT2D eigenvalue weighted by atomic mass is 35.5. The Morgan fingerprint density at radius 3 is 2.59 bits per heavy atom. The van der Waals surface area contributed by atoms with Crippen molar-refractivity contribution < 1.29 is 13.2 Å². The molecular weight excluding hydrogens is 379 g/mol. The van der Waals surface area contributed by atoms with E-state index in [1.54, 1.807) is 12.3 Å². The van der Waals surface area contributed by atoms with Gasteiger partial charge in [-0.25, -0.2) is 9.97 Å². The third-order valence-corrected chi connectivity index (χ3v) is 4.93. The van der Waals surface area contributed by atoms with Crippen LogP contribution in [0.25, 0.3) is 11.0 Å². The average molecular weight is 396 g/mol. The minimum Gasteiger partial charge on any atom is -0.354 e. The molecule has 0 aliphatic carbocycles. The number of nitrogens with one attached hydrogen (secondary N) is 1. The summed E-state index contributed by atoms with van der Waals surface area (Å²) in [5.41, 5.74) is 0.220. The van der Waals surface area contributed by atoms with Crippen molar-refractivity contribution in [3.8, 4) is 0 Å². The number of fused-ring (bicyclic) bond motifs is 1. The molecule has 1 aliphatic heterocycles. The van der Waals surface area contributed by atoms with Gasteiger partial charge in [0.15, 0.2) is 0 Å². The maximum absolute atomic E-state index is 12.9.